The van der Waals surface area contributed by atoms with Gasteiger partial charge in [-0.25, -0.2) is 4.98 Å². The van der Waals surface area contributed by atoms with Crippen molar-refractivity contribution in [2.45, 2.75) is 0 Å². The molecule has 0 saturated heterocycles. The zero-order valence-electron chi connectivity index (χ0n) is 15.2. The Labute approximate surface area is 165 Å². The Kier molecular flexibility index (Phi) is 5.81. The van der Waals surface area contributed by atoms with E-state index in [1.165, 1.54) is 4.90 Å². The fourth-order valence-electron chi connectivity index (χ4n) is 2.37. The van der Waals surface area contributed by atoms with Crippen molar-refractivity contribution >= 4 is 45.1 Å². The number of fused-ring (bicyclic) bond motifs is 1. The number of rotatable bonds is 6. The van der Waals surface area contributed by atoms with Gasteiger partial charge in [-0.1, -0.05) is 12.1 Å². The smallest absolute Gasteiger partial charge is 0.259 e. The van der Waals surface area contributed by atoms with Crippen LogP contribution in [0.5, 0.6) is 11.5 Å². The van der Waals surface area contributed by atoms with Crippen molar-refractivity contribution in [2.24, 2.45) is 0 Å². The number of oxazole rings is 1. The molecule has 140 valence electrons. The molecule has 0 bridgehead atoms. The second-order valence-corrected chi connectivity index (χ2v) is 6.82. The lowest BCUT2D eigenvalue weighted by Crippen LogP contribution is -2.27. The third-order valence-electron chi connectivity index (χ3n) is 3.82. The fraction of sp³-hybridized carbons (Fsp3) is 0.200. The second kappa shape index (κ2) is 8.26. The van der Waals surface area contributed by atoms with Gasteiger partial charge in [0.1, 0.15) is 5.52 Å². The summed E-state index contributed by atoms with van der Waals surface area (Å²) in [6, 6.07) is 11.3. The van der Waals surface area contributed by atoms with Crippen LogP contribution in [0.15, 0.2) is 45.3 Å². The molecule has 1 amide bonds. The van der Waals surface area contributed by atoms with Crippen molar-refractivity contribution in [3.8, 4) is 11.5 Å². The lowest BCUT2D eigenvalue weighted by molar-refractivity contribution is -0.130. The maximum absolute atomic E-state index is 11.7. The highest BCUT2D eigenvalue weighted by atomic mass is 79.9. The van der Waals surface area contributed by atoms with Gasteiger partial charge < -0.3 is 18.8 Å². The van der Waals surface area contributed by atoms with E-state index in [4.69, 9.17) is 13.9 Å². The van der Waals surface area contributed by atoms with Crippen molar-refractivity contribution in [1.82, 2.24) is 9.88 Å². The number of hydrogen-bond acceptors (Lipinski definition) is 5. The Balaban J connectivity index is 1.81. The first-order valence-electron chi connectivity index (χ1n) is 8.22. The highest BCUT2D eigenvalue weighted by Crippen LogP contribution is 2.37. The van der Waals surface area contributed by atoms with E-state index in [0.29, 0.717) is 21.9 Å². The number of amides is 1. The monoisotopic (exact) mass is 430 g/mol. The van der Waals surface area contributed by atoms with Crippen LogP contribution < -0.4 is 9.47 Å². The van der Waals surface area contributed by atoms with Gasteiger partial charge in [0.15, 0.2) is 23.7 Å². The highest BCUT2D eigenvalue weighted by Gasteiger charge is 2.14. The molecule has 0 N–H and O–H groups in total. The average molecular weight is 431 g/mol. The second-order valence-electron chi connectivity index (χ2n) is 5.96. The molecular weight excluding hydrogens is 412 g/mol. The minimum Gasteiger partial charge on any atom is -0.493 e. The normalized spacial score (nSPS) is 11.1. The van der Waals surface area contributed by atoms with E-state index in [1.807, 2.05) is 42.5 Å². The first kappa shape index (κ1) is 19.0. The summed E-state index contributed by atoms with van der Waals surface area (Å²) < 4.78 is 17.4. The molecule has 0 aliphatic heterocycles. The number of likely N-dealkylation sites (N-methyl/N-ethyl adjacent to an activating group) is 1. The van der Waals surface area contributed by atoms with E-state index in [1.54, 1.807) is 27.3 Å². The fourth-order valence-corrected chi connectivity index (χ4v) is 2.94. The molecule has 0 spiro atoms. The lowest BCUT2D eigenvalue weighted by Gasteiger charge is -2.15. The summed E-state index contributed by atoms with van der Waals surface area (Å²) in [4.78, 5) is 17.6. The molecule has 3 rings (SSSR count). The standard InChI is InChI=1S/C20H19BrN2O4/c1-23(2)19(24)12-26-20-14(21)10-13(11-17(20)25-3)8-9-18-22-15-6-4-5-7-16(15)27-18/h4-11H,12H2,1-3H3/b9-8+. The van der Waals surface area contributed by atoms with Crippen LogP contribution in [-0.2, 0) is 4.79 Å². The third kappa shape index (κ3) is 4.49. The number of hydrogen-bond donors (Lipinski definition) is 0. The molecule has 0 unspecified atom stereocenters. The zero-order valence-corrected chi connectivity index (χ0v) is 16.8. The predicted octanol–water partition coefficient (Wildman–Crippen LogP) is 4.24. The van der Waals surface area contributed by atoms with E-state index in [0.717, 1.165) is 16.7 Å². The SMILES string of the molecule is COc1cc(/C=C/c2nc3ccccc3o2)cc(Br)c1OCC(=O)N(C)C. The summed E-state index contributed by atoms with van der Waals surface area (Å²) in [5.74, 6) is 1.38. The summed E-state index contributed by atoms with van der Waals surface area (Å²) >= 11 is 3.48. The first-order valence-corrected chi connectivity index (χ1v) is 9.01. The Hall–Kier alpha value is -2.80. The van der Waals surface area contributed by atoms with E-state index in [9.17, 15) is 4.79 Å². The molecule has 27 heavy (non-hydrogen) atoms. The number of para-hydroxylation sites is 2. The van der Waals surface area contributed by atoms with Crippen molar-refractivity contribution < 1.29 is 18.7 Å². The van der Waals surface area contributed by atoms with Crippen LogP contribution >= 0.6 is 15.9 Å². The topological polar surface area (TPSA) is 64.8 Å². The van der Waals surface area contributed by atoms with Crippen LogP contribution in [-0.4, -0.2) is 43.6 Å². The predicted molar refractivity (Wildman–Crippen MR) is 108 cm³/mol. The number of carbonyl (C=O) groups is 1. The molecule has 0 radical (unpaired) electrons. The van der Waals surface area contributed by atoms with Gasteiger partial charge in [0.05, 0.1) is 11.6 Å². The third-order valence-corrected chi connectivity index (χ3v) is 4.41. The molecule has 3 aromatic rings. The largest absolute Gasteiger partial charge is 0.493 e. The lowest BCUT2D eigenvalue weighted by atomic mass is 10.2. The van der Waals surface area contributed by atoms with Crippen molar-refractivity contribution in [3.05, 3.63) is 52.3 Å². The summed E-state index contributed by atoms with van der Waals surface area (Å²) in [6.45, 7) is -0.0694. The minimum atomic E-state index is -0.135. The molecule has 0 aliphatic carbocycles. The molecule has 0 atom stereocenters. The maximum Gasteiger partial charge on any atom is 0.259 e. The summed E-state index contributed by atoms with van der Waals surface area (Å²) in [7, 11) is 4.91. The summed E-state index contributed by atoms with van der Waals surface area (Å²) in [6.07, 6.45) is 3.66. The molecule has 2 aromatic carbocycles. The number of aromatic nitrogens is 1. The van der Waals surface area contributed by atoms with Crippen molar-refractivity contribution in [2.75, 3.05) is 27.8 Å². The molecular formula is C20H19BrN2O4. The summed E-state index contributed by atoms with van der Waals surface area (Å²) in [5.41, 5.74) is 2.42. The maximum atomic E-state index is 11.7. The van der Waals surface area contributed by atoms with Gasteiger partial charge in [-0.2, -0.15) is 0 Å². The van der Waals surface area contributed by atoms with Gasteiger partial charge in [-0.3, -0.25) is 4.79 Å². The zero-order chi connectivity index (χ0) is 19.4. The molecule has 0 saturated carbocycles. The number of carbonyl (C=O) groups excluding carboxylic acids is 1. The van der Waals surface area contributed by atoms with Gasteiger partial charge >= 0.3 is 0 Å². The number of benzene rings is 2. The Bertz CT molecular complexity index is 962. The van der Waals surface area contributed by atoms with Gasteiger partial charge in [0.25, 0.3) is 5.91 Å². The van der Waals surface area contributed by atoms with Gasteiger partial charge in [-0.15, -0.1) is 0 Å². The van der Waals surface area contributed by atoms with Crippen LogP contribution in [0.3, 0.4) is 0 Å². The Morgan fingerprint density at radius 2 is 2.04 bits per heavy atom. The highest BCUT2D eigenvalue weighted by molar-refractivity contribution is 9.10. The number of ether oxygens (including phenoxy) is 2. The number of halogens is 1. The molecule has 6 nitrogen and oxygen atoms in total. The van der Waals surface area contributed by atoms with Crippen LogP contribution in [0.1, 0.15) is 11.5 Å². The summed E-state index contributed by atoms with van der Waals surface area (Å²) in [5, 5.41) is 0. The Morgan fingerprint density at radius 1 is 1.26 bits per heavy atom. The van der Waals surface area contributed by atoms with Crippen LogP contribution in [0.2, 0.25) is 0 Å². The van der Waals surface area contributed by atoms with E-state index in [2.05, 4.69) is 20.9 Å². The van der Waals surface area contributed by atoms with Crippen molar-refractivity contribution in [3.63, 3.8) is 0 Å². The van der Waals surface area contributed by atoms with Crippen LogP contribution in [0, 0.1) is 0 Å². The molecule has 0 fully saturated rings. The van der Waals surface area contributed by atoms with E-state index >= 15 is 0 Å². The molecule has 1 aromatic heterocycles. The minimum absolute atomic E-state index is 0.0694. The number of methoxy groups -OCH3 is 1. The number of nitrogens with zero attached hydrogens (tertiary/aromatic N) is 2. The van der Waals surface area contributed by atoms with Gasteiger partial charge in [-0.05, 0) is 51.8 Å². The van der Waals surface area contributed by atoms with E-state index < -0.39 is 0 Å². The molecule has 0 aliphatic rings. The molecule has 7 heteroatoms. The van der Waals surface area contributed by atoms with Crippen LogP contribution in [0.4, 0.5) is 0 Å². The van der Waals surface area contributed by atoms with Crippen molar-refractivity contribution in [1.29, 1.82) is 0 Å². The van der Waals surface area contributed by atoms with Gasteiger partial charge in [0, 0.05) is 20.2 Å². The van der Waals surface area contributed by atoms with E-state index in [-0.39, 0.29) is 12.5 Å². The first-order chi connectivity index (χ1) is 13.0. The molecule has 1 heterocycles. The van der Waals surface area contributed by atoms with Crippen LogP contribution in [0.25, 0.3) is 23.3 Å². The Morgan fingerprint density at radius 3 is 2.74 bits per heavy atom. The average Bonchev–Trinajstić information content (AvgIpc) is 3.07. The van der Waals surface area contributed by atoms with Gasteiger partial charge in [0.2, 0.25) is 5.89 Å². The quantitative estimate of drug-likeness (QED) is 0.585.